The Bertz CT molecular complexity index is 486. The number of carbonyl (C=O) groups is 4. The number of aliphatic carboxylic acids is 2. The fraction of sp³-hybridized carbons (Fsp3) is 0.778. The monoisotopic (exact) mass is 418 g/mol. The van der Waals surface area contributed by atoms with Crippen LogP contribution in [0.4, 0.5) is 0 Å². The Morgan fingerprint density at radius 2 is 1.00 bits per heavy atom. The maximum Gasteiger partial charge on any atom is 0.317 e. The molecule has 0 aromatic carbocycles. The van der Waals surface area contributed by atoms with Crippen molar-refractivity contribution >= 4 is 24.0 Å². The average molecular weight is 418 g/mol. The molecule has 0 amide bonds. The molecule has 3 N–H and O–H groups in total. The van der Waals surface area contributed by atoms with Crippen LogP contribution in [-0.4, -0.2) is 145 Å². The highest BCUT2D eigenvalue weighted by Crippen LogP contribution is 2.01. The Labute approximate surface area is 171 Å². The van der Waals surface area contributed by atoms with Gasteiger partial charge in [0.25, 0.3) is 0 Å². The van der Waals surface area contributed by atoms with E-state index < -0.39 is 11.9 Å². The number of Topliss-reactive ketones (excluding diaryl/α,β-unsaturated/α-hetero) is 1. The number of aldehydes is 1. The van der Waals surface area contributed by atoms with E-state index in [4.69, 9.17) is 15.3 Å². The van der Waals surface area contributed by atoms with E-state index in [0.717, 1.165) is 13.4 Å². The van der Waals surface area contributed by atoms with Gasteiger partial charge in [-0.2, -0.15) is 0 Å². The van der Waals surface area contributed by atoms with Gasteiger partial charge < -0.3 is 20.1 Å². The summed E-state index contributed by atoms with van der Waals surface area (Å²) in [6.07, 6.45) is 0.795. The maximum absolute atomic E-state index is 11.5. The Hall–Kier alpha value is -1.92. The normalized spacial score (nSPS) is 18.6. The molecule has 0 aliphatic carbocycles. The summed E-state index contributed by atoms with van der Waals surface area (Å²) >= 11 is 0. The van der Waals surface area contributed by atoms with Gasteiger partial charge in [-0.25, -0.2) is 0 Å². The molecule has 1 saturated heterocycles. The van der Waals surface area contributed by atoms with E-state index in [0.29, 0.717) is 52.4 Å². The standard InChI is InChI=1S/C17H30N4O6.CH4O/c1-15(23)12-19-6-8-20(13-16(24)25)4-2-18(10-11-22)3-5-21(9-7-19)14-17(26)27;1-2/h11H,2-10,12-14H2,1H3,(H,24,25)(H,26,27);2H,1H3. The number of carboxylic acids is 2. The Morgan fingerprint density at radius 3 is 1.28 bits per heavy atom. The molecule has 168 valence electrons. The minimum absolute atomic E-state index is 0.00817. The number of ketones is 1. The maximum atomic E-state index is 11.5. The van der Waals surface area contributed by atoms with Gasteiger partial charge in [0.2, 0.25) is 0 Å². The Balaban J connectivity index is 0.00000379. The third-order valence-electron chi connectivity index (χ3n) is 4.43. The number of carbonyl (C=O) groups excluding carboxylic acids is 2. The molecule has 1 fully saturated rings. The first kappa shape index (κ1) is 27.1. The number of aliphatic hydroxyl groups is 1. The molecular weight excluding hydrogens is 384 g/mol. The molecular formula is C18H34N4O7. The first-order valence-electron chi connectivity index (χ1n) is 9.51. The first-order valence-corrected chi connectivity index (χ1v) is 9.51. The molecule has 0 saturated carbocycles. The van der Waals surface area contributed by atoms with Crippen LogP contribution in [0, 0.1) is 0 Å². The van der Waals surface area contributed by atoms with Gasteiger partial charge in [0.15, 0.2) is 0 Å². The lowest BCUT2D eigenvalue weighted by atomic mass is 10.3. The lowest BCUT2D eigenvalue weighted by Gasteiger charge is -2.32. The highest BCUT2D eigenvalue weighted by molar-refractivity contribution is 5.77. The van der Waals surface area contributed by atoms with Crippen molar-refractivity contribution in [2.24, 2.45) is 0 Å². The summed E-state index contributed by atoms with van der Waals surface area (Å²) in [5, 5.41) is 25.2. The van der Waals surface area contributed by atoms with Gasteiger partial charge in [0, 0.05) is 59.5 Å². The molecule has 1 heterocycles. The molecule has 29 heavy (non-hydrogen) atoms. The molecule has 11 heteroatoms. The first-order chi connectivity index (χ1) is 13.8. The molecule has 0 aromatic heterocycles. The van der Waals surface area contributed by atoms with Gasteiger partial charge in [0.05, 0.1) is 26.2 Å². The fourth-order valence-corrected chi connectivity index (χ4v) is 3.04. The summed E-state index contributed by atoms with van der Waals surface area (Å²) in [5.41, 5.74) is 0. The highest BCUT2D eigenvalue weighted by Gasteiger charge is 2.19. The van der Waals surface area contributed by atoms with Crippen molar-refractivity contribution in [3.8, 4) is 0 Å². The van der Waals surface area contributed by atoms with E-state index in [1.165, 1.54) is 6.92 Å². The summed E-state index contributed by atoms with van der Waals surface area (Å²) in [5.74, 6) is -1.83. The van der Waals surface area contributed by atoms with Crippen LogP contribution < -0.4 is 0 Å². The lowest BCUT2D eigenvalue weighted by molar-refractivity contribution is -0.139. The molecule has 11 nitrogen and oxygen atoms in total. The van der Waals surface area contributed by atoms with Crippen molar-refractivity contribution in [2.75, 3.05) is 85.6 Å². The number of nitrogens with zero attached hydrogens (tertiary/aromatic N) is 4. The summed E-state index contributed by atoms with van der Waals surface area (Å²) in [7, 11) is 1.00. The van der Waals surface area contributed by atoms with E-state index in [9.17, 15) is 19.2 Å². The predicted molar refractivity (Wildman–Crippen MR) is 106 cm³/mol. The van der Waals surface area contributed by atoms with Crippen molar-refractivity contribution in [3.63, 3.8) is 0 Å². The Morgan fingerprint density at radius 1 is 0.690 bits per heavy atom. The topological polar surface area (TPSA) is 142 Å². The smallest absolute Gasteiger partial charge is 0.317 e. The van der Waals surface area contributed by atoms with Gasteiger partial charge in [-0.15, -0.1) is 0 Å². The van der Waals surface area contributed by atoms with Gasteiger partial charge in [-0.1, -0.05) is 0 Å². The molecule has 1 aliphatic rings. The molecule has 0 unspecified atom stereocenters. The number of hydrogen-bond acceptors (Lipinski definition) is 9. The van der Waals surface area contributed by atoms with E-state index in [-0.39, 0.29) is 32.0 Å². The van der Waals surface area contributed by atoms with Crippen LogP contribution in [0.2, 0.25) is 0 Å². The minimum Gasteiger partial charge on any atom is -0.480 e. The zero-order valence-electron chi connectivity index (χ0n) is 17.3. The van der Waals surface area contributed by atoms with Gasteiger partial charge in [-0.3, -0.25) is 34.0 Å². The summed E-state index contributed by atoms with van der Waals surface area (Å²) in [6, 6.07) is 0. The molecule has 0 bridgehead atoms. The number of rotatable bonds is 8. The molecule has 0 atom stereocenters. The average Bonchev–Trinajstić information content (AvgIpc) is 2.64. The van der Waals surface area contributed by atoms with E-state index in [2.05, 4.69) is 0 Å². The largest absolute Gasteiger partial charge is 0.480 e. The molecule has 0 aromatic rings. The molecule has 0 spiro atoms. The molecule has 1 aliphatic heterocycles. The second-order valence-electron chi connectivity index (χ2n) is 6.79. The highest BCUT2D eigenvalue weighted by atomic mass is 16.4. The van der Waals surface area contributed by atoms with Crippen LogP contribution in [0.15, 0.2) is 0 Å². The van der Waals surface area contributed by atoms with Crippen LogP contribution in [-0.2, 0) is 19.2 Å². The van der Waals surface area contributed by atoms with Crippen LogP contribution in [0.25, 0.3) is 0 Å². The summed E-state index contributed by atoms with van der Waals surface area (Å²) in [4.78, 5) is 52.1. The van der Waals surface area contributed by atoms with E-state index in [1.807, 2.05) is 9.80 Å². The second kappa shape index (κ2) is 15.9. The van der Waals surface area contributed by atoms with Gasteiger partial charge >= 0.3 is 11.9 Å². The van der Waals surface area contributed by atoms with Crippen LogP contribution >= 0.6 is 0 Å². The summed E-state index contributed by atoms with van der Waals surface area (Å²) < 4.78 is 0. The molecule has 0 radical (unpaired) electrons. The third kappa shape index (κ3) is 13.8. The van der Waals surface area contributed by atoms with Crippen molar-refractivity contribution in [1.29, 1.82) is 0 Å². The lowest BCUT2D eigenvalue weighted by Crippen LogP contribution is -2.48. The fourth-order valence-electron chi connectivity index (χ4n) is 3.04. The number of hydrogen-bond donors (Lipinski definition) is 3. The van der Waals surface area contributed by atoms with Crippen molar-refractivity contribution < 1.29 is 34.5 Å². The SMILES string of the molecule is CC(=O)CN1CCN(CC(=O)O)CCN(CC=O)CCN(CC(=O)O)CC1.CO. The van der Waals surface area contributed by atoms with E-state index >= 15 is 0 Å². The quantitative estimate of drug-likeness (QED) is 0.369. The third-order valence-corrected chi connectivity index (χ3v) is 4.43. The van der Waals surface area contributed by atoms with Crippen molar-refractivity contribution in [3.05, 3.63) is 0 Å². The predicted octanol–water partition coefficient (Wildman–Crippen LogP) is -2.23. The van der Waals surface area contributed by atoms with Crippen LogP contribution in [0.5, 0.6) is 0 Å². The van der Waals surface area contributed by atoms with Crippen LogP contribution in [0.1, 0.15) is 6.92 Å². The molecule has 1 rings (SSSR count). The van der Waals surface area contributed by atoms with Crippen molar-refractivity contribution in [2.45, 2.75) is 6.92 Å². The zero-order valence-corrected chi connectivity index (χ0v) is 17.3. The number of carboxylic acid groups (broad SMARTS) is 2. The van der Waals surface area contributed by atoms with Crippen LogP contribution in [0.3, 0.4) is 0 Å². The summed E-state index contributed by atoms with van der Waals surface area (Å²) in [6.45, 7) is 5.74. The van der Waals surface area contributed by atoms with E-state index in [1.54, 1.807) is 9.80 Å². The van der Waals surface area contributed by atoms with Gasteiger partial charge in [0.1, 0.15) is 12.1 Å². The minimum atomic E-state index is -0.921. The Kier molecular flexibility index (Phi) is 14.9. The van der Waals surface area contributed by atoms with Crippen molar-refractivity contribution in [1.82, 2.24) is 19.6 Å². The zero-order chi connectivity index (χ0) is 22.2. The number of aliphatic hydroxyl groups excluding tert-OH is 1. The second-order valence-corrected chi connectivity index (χ2v) is 6.79. The van der Waals surface area contributed by atoms with Gasteiger partial charge in [-0.05, 0) is 6.92 Å².